The smallest absolute Gasteiger partial charge is 0.315 e. The number of carbonyl (C=O) groups excluding carboxylic acids is 1. The van der Waals surface area contributed by atoms with Crippen LogP contribution < -0.4 is 0 Å². The van der Waals surface area contributed by atoms with E-state index in [9.17, 15) is 4.79 Å². The largest absolute Gasteiger partial charge is 0.459 e. The fourth-order valence-electron chi connectivity index (χ4n) is 1.03. The van der Waals surface area contributed by atoms with Gasteiger partial charge in [0.1, 0.15) is 12.0 Å². The van der Waals surface area contributed by atoms with Crippen molar-refractivity contribution in [1.82, 2.24) is 0 Å². The van der Waals surface area contributed by atoms with Crippen molar-refractivity contribution >= 4 is 5.97 Å². The molecule has 2 aliphatic rings. The van der Waals surface area contributed by atoms with E-state index in [1.54, 1.807) is 0 Å². The van der Waals surface area contributed by atoms with Crippen LogP contribution in [0, 0.1) is 5.92 Å². The monoisotopic (exact) mass is 114 g/mol. The van der Waals surface area contributed by atoms with E-state index in [2.05, 4.69) is 0 Å². The highest BCUT2D eigenvalue weighted by molar-refractivity contribution is 5.79. The second kappa shape index (κ2) is 1.23. The molecule has 3 nitrogen and oxygen atoms in total. The van der Waals surface area contributed by atoms with Gasteiger partial charge < -0.3 is 9.47 Å². The maximum absolute atomic E-state index is 10.4. The Morgan fingerprint density at radius 3 is 2.88 bits per heavy atom. The summed E-state index contributed by atoms with van der Waals surface area (Å²) < 4.78 is 9.66. The van der Waals surface area contributed by atoms with E-state index in [0.717, 1.165) is 0 Å². The van der Waals surface area contributed by atoms with Gasteiger partial charge in [-0.2, -0.15) is 0 Å². The lowest BCUT2D eigenvalue weighted by Crippen LogP contribution is -2.43. The molecule has 0 N–H and O–H groups in total. The van der Waals surface area contributed by atoms with Gasteiger partial charge in [0, 0.05) is 0 Å². The molecule has 0 aromatic heterocycles. The zero-order valence-electron chi connectivity index (χ0n) is 4.29. The molecule has 2 rings (SSSR count). The summed E-state index contributed by atoms with van der Waals surface area (Å²) in [6.07, 6.45) is 0.0995. The van der Waals surface area contributed by atoms with Crippen LogP contribution in [0.1, 0.15) is 0 Å². The van der Waals surface area contributed by atoms with Gasteiger partial charge in [0.05, 0.1) is 13.2 Å². The quantitative estimate of drug-likeness (QED) is 0.400. The van der Waals surface area contributed by atoms with E-state index < -0.39 is 0 Å². The summed E-state index contributed by atoms with van der Waals surface area (Å²) >= 11 is 0. The molecule has 0 aromatic carbocycles. The zero-order chi connectivity index (χ0) is 5.56. The average molecular weight is 114 g/mol. The van der Waals surface area contributed by atoms with Gasteiger partial charge in [-0.3, -0.25) is 4.79 Å². The topological polar surface area (TPSA) is 35.5 Å². The molecule has 2 aliphatic heterocycles. The minimum atomic E-state index is -0.0903. The average Bonchev–Trinajstić information content (AvgIpc) is 2.09. The molecule has 0 saturated carbocycles. The second-order valence-corrected chi connectivity index (χ2v) is 2.12. The van der Waals surface area contributed by atoms with E-state index >= 15 is 0 Å². The van der Waals surface area contributed by atoms with Crippen LogP contribution in [0.5, 0.6) is 0 Å². The Balaban J connectivity index is 2.11. The Morgan fingerprint density at radius 1 is 1.50 bits per heavy atom. The molecule has 2 atom stereocenters. The first-order chi connectivity index (χ1) is 3.88. The summed E-state index contributed by atoms with van der Waals surface area (Å²) in [5.41, 5.74) is 0. The number of hydrogen-bond donors (Lipinski definition) is 0. The van der Waals surface area contributed by atoms with Gasteiger partial charge in [-0.05, 0) is 0 Å². The van der Waals surface area contributed by atoms with E-state index in [-0.39, 0.29) is 18.0 Å². The summed E-state index contributed by atoms with van der Waals surface area (Å²) in [6, 6.07) is 0. The molecule has 0 unspecified atom stereocenters. The van der Waals surface area contributed by atoms with Crippen LogP contribution in [0.3, 0.4) is 0 Å². The van der Waals surface area contributed by atoms with Crippen LogP contribution in [-0.4, -0.2) is 25.3 Å². The van der Waals surface area contributed by atoms with Crippen molar-refractivity contribution < 1.29 is 14.3 Å². The van der Waals surface area contributed by atoms with Crippen molar-refractivity contribution in [1.29, 1.82) is 0 Å². The molecule has 3 heteroatoms. The molecule has 44 valence electrons. The van der Waals surface area contributed by atoms with Crippen LogP contribution in [0.15, 0.2) is 0 Å². The Morgan fingerprint density at radius 2 is 2.38 bits per heavy atom. The molecule has 0 bridgehead atoms. The molecule has 0 aliphatic carbocycles. The predicted molar refractivity (Wildman–Crippen MR) is 24.2 cm³/mol. The highest BCUT2D eigenvalue weighted by atomic mass is 16.6. The molecule has 0 radical (unpaired) electrons. The summed E-state index contributed by atoms with van der Waals surface area (Å²) in [6.45, 7) is 1.18. The van der Waals surface area contributed by atoms with Gasteiger partial charge >= 0.3 is 5.97 Å². The lowest BCUT2D eigenvalue weighted by molar-refractivity contribution is -0.177. The van der Waals surface area contributed by atoms with Crippen molar-refractivity contribution in [3.05, 3.63) is 0 Å². The highest BCUT2D eigenvalue weighted by Gasteiger charge is 2.46. The summed E-state index contributed by atoms with van der Waals surface area (Å²) in [4.78, 5) is 10.4. The molecule has 2 saturated heterocycles. The van der Waals surface area contributed by atoms with Crippen molar-refractivity contribution in [2.45, 2.75) is 6.10 Å². The lowest BCUT2D eigenvalue weighted by atomic mass is 10.0. The molecular formula is C5H6O3. The van der Waals surface area contributed by atoms with E-state index in [0.29, 0.717) is 13.2 Å². The van der Waals surface area contributed by atoms with Crippen LogP contribution in [0.25, 0.3) is 0 Å². The van der Waals surface area contributed by atoms with Crippen LogP contribution in [0.4, 0.5) is 0 Å². The van der Waals surface area contributed by atoms with Crippen molar-refractivity contribution in [2.24, 2.45) is 5.92 Å². The van der Waals surface area contributed by atoms with Gasteiger partial charge in [-0.15, -0.1) is 0 Å². The third-order valence-electron chi connectivity index (χ3n) is 1.60. The fourth-order valence-corrected chi connectivity index (χ4v) is 1.03. The van der Waals surface area contributed by atoms with E-state index in [1.165, 1.54) is 0 Å². The number of fused-ring (bicyclic) bond motifs is 1. The van der Waals surface area contributed by atoms with Crippen LogP contribution >= 0.6 is 0 Å². The third-order valence-corrected chi connectivity index (χ3v) is 1.60. The fraction of sp³-hybridized carbons (Fsp3) is 0.800. The van der Waals surface area contributed by atoms with Gasteiger partial charge in [0.15, 0.2) is 0 Å². The lowest BCUT2D eigenvalue weighted by Gasteiger charge is -2.26. The molecule has 2 heterocycles. The normalized spacial score (nSPS) is 42.8. The Labute approximate surface area is 46.6 Å². The predicted octanol–water partition coefficient (Wildman–Crippen LogP) is -0.442. The van der Waals surface area contributed by atoms with Gasteiger partial charge in [-0.25, -0.2) is 0 Å². The highest BCUT2D eigenvalue weighted by Crippen LogP contribution is 2.27. The first kappa shape index (κ1) is 4.32. The van der Waals surface area contributed by atoms with E-state index in [4.69, 9.17) is 9.47 Å². The maximum atomic E-state index is 10.4. The molecule has 2 fully saturated rings. The maximum Gasteiger partial charge on any atom is 0.315 e. The minimum absolute atomic E-state index is 0.0787. The van der Waals surface area contributed by atoms with Crippen molar-refractivity contribution in [2.75, 3.05) is 13.2 Å². The number of rotatable bonds is 0. The van der Waals surface area contributed by atoms with Crippen molar-refractivity contribution in [3.63, 3.8) is 0 Å². The minimum Gasteiger partial charge on any atom is -0.459 e. The Kier molecular flexibility index (Phi) is 0.663. The number of ether oxygens (including phenoxy) is 2. The molecule has 0 amide bonds. The summed E-state index contributed by atoms with van der Waals surface area (Å²) in [5.74, 6) is -0.0116. The standard InChI is InChI=1S/C5H6O3/c6-5-3-1-7-2-4(3)8-5/h3-4H,1-2H2/t3-,4+/m0/s1. The van der Waals surface area contributed by atoms with E-state index in [1.807, 2.05) is 0 Å². The summed E-state index contributed by atoms with van der Waals surface area (Å²) in [5, 5.41) is 0. The van der Waals surface area contributed by atoms with Crippen LogP contribution in [-0.2, 0) is 14.3 Å². The SMILES string of the molecule is O=C1O[C@@H]2COC[C@H]12. The first-order valence-electron chi connectivity index (χ1n) is 2.66. The molecule has 0 spiro atoms. The van der Waals surface area contributed by atoms with Crippen LogP contribution in [0.2, 0.25) is 0 Å². The molecule has 8 heavy (non-hydrogen) atoms. The van der Waals surface area contributed by atoms with Gasteiger partial charge in [0.2, 0.25) is 0 Å². The second-order valence-electron chi connectivity index (χ2n) is 2.12. The van der Waals surface area contributed by atoms with Crippen molar-refractivity contribution in [3.8, 4) is 0 Å². The van der Waals surface area contributed by atoms with Gasteiger partial charge in [0.25, 0.3) is 0 Å². The molecular weight excluding hydrogens is 108 g/mol. The Bertz CT molecular complexity index is 132. The number of esters is 1. The zero-order valence-corrected chi connectivity index (χ0v) is 4.29. The number of hydrogen-bond acceptors (Lipinski definition) is 3. The first-order valence-corrected chi connectivity index (χ1v) is 2.66. The summed E-state index contributed by atoms with van der Waals surface area (Å²) in [7, 11) is 0. The van der Waals surface area contributed by atoms with Gasteiger partial charge in [-0.1, -0.05) is 0 Å². The third kappa shape index (κ3) is 0.351. The molecule has 0 aromatic rings. The number of carbonyl (C=O) groups is 1. The Hall–Kier alpha value is -0.570.